The Morgan fingerprint density at radius 2 is 1.00 bits per heavy atom. The number of nitrogens with one attached hydrogen (secondary N) is 2. The Bertz CT molecular complexity index is 624. The molecule has 0 aliphatic rings. The number of thiol groups is 2. The third-order valence-electron chi connectivity index (χ3n) is 3.42. The number of carbonyl (C=O) groups excluding carboxylic acids is 2. The average Bonchev–Trinajstić information content (AvgIpc) is 2.64. The monoisotopic (exact) mass is 360 g/mol. The zero-order valence-corrected chi connectivity index (χ0v) is 14.9. The molecule has 0 aliphatic carbocycles. The molecule has 24 heavy (non-hydrogen) atoms. The number of carbonyl (C=O) groups is 2. The third-order valence-corrected chi connectivity index (χ3v) is 3.87. The highest BCUT2D eigenvalue weighted by Gasteiger charge is 2.07. The molecule has 6 heteroatoms. The highest BCUT2D eigenvalue weighted by molar-refractivity contribution is 7.80. The summed E-state index contributed by atoms with van der Waals surface area (Å²) in [4.78, 5) is 23.7. The van der Waals surface area contributed by atoms with E-state index in [2.05, 4.69) is 35.9 Å². The van der Waals surface area contributed by atoms with Gasteiger partial charge in [-0.3, -0.25) is 9.59 Å². The first-order chi connectivity index (χ1) is 11.7. The van der Waals surface area contributed by atoms with Crippen LogP contribution in [0.25, 0.3) is 11.1 Å². The maximum Gasteiger partial charge on any atom is 0.251 e. The van der Waals surface area contributed by atoms with Gasteiger partial charge in [-0.05, 0) is 35.4 Å². The normalized spacial score (nSPS) is 10.2. The summed E-state index contributed by atoms with van der Waals surface area (Å²) in [5.41, 5.74) is 3.21. The van der Waals surface area contributed by atoms with Crippen LogP contribution in [0.3, 0.4) is 0 Å². The van der Waals surface area contributed by atoms with Crippen LogP contribution in [0.4, 0.5) is 0 Å². The van der Waals surface area contributed by atoms with Crippen LogP contribution in [0.1, 0.15) is 20.7 Å². The molecule has 2 N–H and O–H groups in total. The summed E-state index contributed by atoms with van der Waals surface area (Å²) in [5.74, 6) is 1.01. The molecule has 0 heterocycles. The Kier molecular flexibility index (Phi) is 7.21. The summed E-state index contributed by atoms with van der Waals surface area (Å²) >= 11 is 8.13. The van der Waals surface area contributed by atoms with E-state index in [0.717, 1.165) is 11.1 Å². The van der Waals surface area contributed by atoms with E-state index >= 15 is 0 Å². The van der Waals surface area contributed by atoms with Gasteiger partial charge in [-0.1, -0.05) is 24.3 Å². The fourth-order valence-corrected chi connectivity index (χ4v) is 2.39. The van der Waals surface area contributed by atoms with E-state index in [9.17, 15) is 9.59 Å². The van der Waals surface area contributed by atoms with Gasteiger partial charge in [0, 0.05) is 35.7 Å². The Morgan fingerprint density at radius 1 is 0.667 bits per heavy atom. The molecule has 2 amide bonds. The lowest BCUT2D eigenvalue weighted by atomic mass is 10.0. The maximum absolute atomic E-state index is 11.9. The van der Waals surface area contributed by atoms with Crippen molar-refractivity contribution in [3.63, 3.8) is 0 Å². The first-order valence-electron chi connectivity index (χ1n) is 7.64. The molecule has 0 fully saturated rings. The van der Waals surface area contributed by atoms with Gasteiger partial charge in [0.25, 0.3) is 11.8 Å². The van der Waals surface area contributed by atoms with Crippen LogP contribution in [0.2, 0.25) is 0 Å². The maximum atomic E-state index is 11.9. The van der Waals surface area contributed by atoms with Crippen LogP contribution in [-0.4, -0.2) is 36.4 Å². The number of amides is 2. The van der Waals surface area contributed by atoms with E-state index in [1.165, 1.54) is 0 Å². The van der Waals surface area contributed by atoms with Crippen molar-refractivity contribution in [2.45, 2.75) is 0 Å². The largest absolute Gasteiger partial charge is 0.351 e. The Hall–Kier alpha value is -1.92. The van der Waals surface area contributed by atoms with Crippen molar-refractivity contribution in [3.8, 4) is 11.1 Å². The second-order valence-corrected chi connectivity index (χ2v) is 6.01. The molecule has 2 rings (SSSR count). The van der Waals surface area contributed by atoms with Gasteiger partial charge in [0.15, 0.2) is 0 Å². The lowest BCUT2D eigenvalue weighted by Crippen LogP contribution is -2.25. The number of rotatable bonds is 7. The summed E-state index contributed by atoms with van der Waals surface area (Å²) < 4.78 is 0. The molecular weight excluding hydrogens is 340 g/mol. The van der Waals surface area contributed by atoms with Crippen molar-refractivity contribution in [1.29, 1.82) is 0 Å². The second-order valence-electron chi connectivity index (χ2n) is 5.11. The van der Waals surface area contributed by atoms with E-state index < -0.39 is 0 Å². The lowest BCUT2D eigenvalue weighted by molar-refractivity contribution is 0.0948. The molecule has 0 bridgehead atoms. The minimum Gasteiger partial charge on any atom is -0.351 e. The fourth-order valence-electron chi connectivity index (χ4n) is 2.17. The average molecular weight is 361 g/mol. The van der Waals surface area contributed by atoms with Gasteiger partial charge in [0.1, 0.15) is 0 Å². The van der Waals surface area contributed by atoms with Crippen LogP contribution < -0.4 is 10.6 Å². The molecule has 2 aromatic carbocycles. The molecule has 0 spiro atoms. The highest BCUT2D eigenvalue weighted by Crippen LogP contribution is 2.20. The zero-order chi connectivity index (χ0) is 17.4. The van der Waals surface area contributed by atoms with Crippen LogP contribution in [0, 0.1) is 0 Å². The molecule has 0 aromatic heterocycles. The van der Waals surface area contributed by atoms with Crippen molar-refractivity contribution >= 4 is 37.1 Å². The summed E-state index contributed by atoms with van der Waals surface area (Å²) in [5, 5.41) is 5.56. The highest BCUT2D eigenvalue weighted by atomic mass is 32.1. The fraction of sp³-hybridized carbons (Fsp3) is 0.222. The first-order valence-corrected chi connectivity index (χ1v) is 8.91. The molecule has 126 valence electrons. The van der Waals surface area contributed by atoms with Crippen molar-refractivity contribution in [3.05, 3.63) is 59.7 Å². The smallest absolute Gasteiger partial charge is 0.251 e. The quantitative estimate of drug-likeness (QED) is 0.574. The van der Waals surface area contributed by atoms with E-state index in [1.807, 2.05) is 24.3 Å². The Labute approximate surface area is 152 Å². The van der Waals surface area contributed by atoms with Crippen LogP contribution in [-0.2, 0) is 0 Å². The Morgan fingerprint density at radius 3 is 1.29 bits per heavy atom. The van der Waals surface area contributed by atoms with Crippen LogP contribution >= 0.6 is 25.3 Å². The number of hydrogen-bond acceptors (Lipinski definition) is 4. The predicted molar refractivity (Wildman–Crippen MR) is 104 cm³/mol. The van der Waals surface area contributed by atoms with Gasteiger partial charge in [0.2, 0.25) is 0 Å². The van der Waals surface area contributed by atoms with E-state index in [4.69, 9.17) is 0 Å². The molecule has 0 saturated heterocycles. The van der Waals surface area contributed by atoms with E-state index in [-0.39, 0.29) is 11.8 Å². The van der Waals surface area contributed by atoms with Crippen molar-refractivity contribution < 1.29 is 9.59 Å². The van der Waals surface area contributed by atoms with Gasteiger partial charge in [-0.25, -0.2) is 0 Å². The Balaban J connectivity index is 2.06. The standard InChI is InChI=1S/C18H20N2O2S2/c21-17(19-9-11-23)15-5-1-13(2-6-15)14-3-7-16(8-4-14)18(22)20-10-12-24/h1-8,23-24H,9-12H2,(H,19,21)(H,20,22). The van der Waals surface area contributed by atoms with Crippen LogP contribution in [0.5, 0.6) is 0 Å². The van der Waals surface area contributed by atoms with Crippen molar-refractivity contribution in [1.82, 2.24) is 10.6 Å². The van der Waals surface area contributed by atoms with Crippen molar-refractivity contribution in [2.75, 3.05) is 24.6 Å². The lowest BCUT2D eigenvalue weighted by Gasteiger charge is -2.07. The minimum atomic E-state index is -0.105. The SMILES string of the molecule is O=C(NCCS)c1ccc(-c2ccc(C(=O)NCCS)cc2)cc1. The second kappa shape index (κ2) is 9.39. The van der Waals surface area contributed by atoms with Gasteiger partial charge in [0.05, 0.1) is 0 Å². The van der Waals surface area contributed by atoms with Crippen molar-refractivity contribution in [2.24, 2.45) is 0 Å². The third kappa shape index (κ3) is 5.04. The summed E-state index contributed by atoms with van der Waals surface area (Å²) in [6.07, 6.45) is 0. The topological polar surface area (TPSA) is 58.2 Å². The van der Waals surface area contributed by atoms with Gasteiger partial charge >= 0.3 is 0 Å². The summed E-state index contributed by atoms with van der Waals surface area (Å²) in [7, 11) is 0. The number of benzene rings is 2. The van der Waals surface area contributed by atoms with E-state index in [1.54, 1.807) is 24.3 Å². The zero-order valence-electron chi connectivity index (χ0n) is 13.2. The van der Waals surface area contributed by atoms with Gasteiger partial charge < -0.3 is 10.6 Å². The minimum absolute atomic E-state index is 0.105. The molecule has 0 aliphatic heterocycles. The van der Waals surface area contributed by atoms with Gasteiger partial charge in [-0.15, -0.1) is 0 Å². The molecule has 0 radical (unpaired) electrons. The van der Waals surface area contributed by atoms with Gasteiger partial charge in [-0.2, -0.15) is 25.3 Å². The molecule has 0 saturated carbocycles. The number of hydrogen-bond donors (Lipinski definition) is 4. The molecular formula is C18H20N2O2S2. The summed E-state index contributed by atoms with van der Waals surface area (Å²) in [6.45, 7) is 1.08. The molecule has 2 aromatic rings. The van der Waals surface area contributed by atoms with Crippen LogP contribution in [0.15, 0.2) is 48.5 Å². The first kappa shape index (κ1) is 18.4. The predicted octanol–water partition coefficient (Wildman–Crippen LogP) is 2.67. The summed E-state index contributed by atoms with van der Waals surface area (Å²) in [6, 6.07) is 14.7. The molecule has 0 atom stereocenters. The molecule has 4 nitrogen and oxygen atoms in total. The van der Waals surface area contributed by atoms with E-state index in [0.29, 0.717) is 35.7 Å². The molecule has 0 unspecified atom stereocenters.